The van der Waals surface area contributed by atoms with E-state index in [0.717, 1.165) is 26.2 Å². The smallest absolute Gasteiger partial charge is 0.131 e. The van der Waals surface area contributed by atoms with Gasteiger partial charge in [-0.3, -0.25) is 14.5 Å². The molecule has 2 heterocycles. The van der Waals surface area contributed by atoms with Crippen LogP contribution in [0, 0.1) is 5.82 Å². The first-order chi connectivity index (χ1) is 13.5. The second kappa shape index (κ2) is 9.49. The van der Waals surface area contributed by atoms with E-state index in [4.69, 9.17) is 4.74 Å². The number of methoxy groups -OCH3 is 1. The van der Waals surface area contributed by atoms with Crippen molar-refractivity contribution in [2.45, 2.75) is 45.4 Å². The van der Waals surface area contributed by atoms with Gasteiger partial charge in [0.15, 0.2) is 0 Å². The zero-order valence-corrected chi connectivity index (χ0v) is 17.0. The first-order valence-electron chi connectivity index (χ1n) is 9.93. The summed E-state index contributed by atoms with van der Waals surface area (Å²) in [6, 6.07) is 5.56. The van der Waals surface area contributed by atoms with Crippen LogP contribution in [-0.4, -0.2) is 64.1 Å². The Morgan fingerprint density at radius 2 is 2.11 bits per heavy atom. The predicted octanol–water partition coefficient (Wildman–Crippen LogP) is 2.68. The number of nitrogens with zero attached hydrogens (tertiary/aromatic N) is 4. The van der Waals surface area contributed by atoms with Gasteiger partial charge in [-0.25, -0.2) is 4.39 Å². The Morgan fingerprint density at radius 3 is 2.75 bits per heavy atom. The SMILES string of the molecule is COc1ccc(CN2CCN(Cc3cnn(C(C)C)c3)CC2CCO)c(F)c1. The van der Waals surface area contributed by atoms with E-state index in [1.165, 1.54) is 18.7 Å². The van der Waals surface area contributed by atoms with Crippen LogP contribution in [-0.2, 0) is 13.1 Å². The monoisotopic (exact) mass is 390 g/mol. The molecule has 0 spiro atoms. The lowest BCUT2D eigenvalue weighted by Gasteiger charge is -2.41. The van der Waals surface area contributed by atoms with Crippen LogP contribution < -0.4 is 4.74 Å². The topological polar surface area (TPSA) is 53.8 Å². The number of hydrogen-bond acceptors (Lipinski definition) is 5. The maximum atomic E-state index is 14.4. The Kier molecular flexibility index (Phi) is 7.04. The maximum Gasteiger partial charge on any atom is 0.131 e. The summed E-state index contributed by atoms with van der Waals surface area (Å²) in [5.41, 5.74) is 1.86. The fourth-order valence-corrected chi connectivity index (χ4v) is 3.73. The van der Waals surface area contributed by atoms with Crippen molar-refractivity contribution in [3.8, 4) is 5.75 Å². The number of hydrogen-bond donors (Lipinski definition) is 1. The van der Waals surface area contributed by atoms with E-state index in [9.17, 15) is 9.50 Å². The van der Waals surface area contributed by atoms with Crippen LogP contribution in [0.3, 0.4) is 0 Å². The lowest BCUT2D eigenvalue weighted by atomic mass is 10.1. The van der Waals surface area contributed by atoms with Crippen LogP contribution >= 0.6 is 0 Å². The van der Waals surface area contributed by atoms with E-state index in [0.29, 0.717) is 30.3 Å². The molecule has 1 N–H and O–H groups in total. The van der Waals surface area contributed by atoms with Gasteiger partial charge in [-0.05, 0) is 26.3 Å². The highest BCUT2D eigenvalue weighted by molar-refractivity contribution is 5.29. The minimum absolute atomic E-state index is 0.130. The molecule has 1 fully saturated rings. The van der Waals surface area contributed by atoms with Crippen LogP contribution in [0.15, 0.2) is 30.6 Å². The molecule has 1 aromatic heterocycles. The lowest BCUT2D eigenvalue weighted by Crippen LogP contribution is -2.52. The summed E-state index contributed by atoms with van der Waals surface area (Å²) < 4.78 is 21.4. The Hall–Kier alpha value is -1.96. The van der Waals surface area contributed by atoms with Gasteiger partial charge in [0.25, 0.3) is 0 Å². The van der Waals surface area contributed by atoms with Crippen LogP contribution in [0.5, 0.6) is 5.75 Å². The molecule has 2 aromatic rings. The number of piperazine rings is 1. The minimum atomic E-state index is -0.245. The molecule has 154 valence electrons. The molecule has 1 atom stereocenters. The summed E-state index contributed by atoms with van der Waals surface area (Å²) in [4.78, 5) is 4.66. The summed E-state index contributed by atoms with van der Waals surface area (Å²) in [6.45, 7) is 8.35. The quantitative estimate of drug-likeness (QED) is 0.751. The molecule has 0 bridgehead atoms. The highest BCUT2D eigenvalue weighted by Gasteiger charge is 2.27. The van der Waals surface area contributed by atoms with Crippen molar-refractivity contribution in [2.75, 3.05) is 33.4 Å². The second-order valence-corrected chi connectivity index (χ2v) is 7.75. The number of halogens is 1. The van der Waals surface area contributed by atoms with Crippen molar-refractivity contribution in [1.82, 2.24) is 19.6 Å². The van der Waals surface area contributed by atoms with Crippen molar-refractivity contribution < 1.29 is 14.2 Å². The van der Waals surface area contributed by atoms with Crippen LogP contribution in [0.2, 0.25) is 0 Å². The molecule has 0 amide bonds. The Balaban J connectivity index is 1.63. The summed E-state index contributed by atoms with van der Waals surface area (Å²) in [5.74, 6) is 0.283. The average molecular weight is 391 g/mol. The highest BCUT2D eigenvalue weighted by Crippen LogP contribution is 2.22. The molecule has 1 unspecified atom stereocenters. The predicted molar refractivity (Wildman–Crippen MR) is 107 cm³/mol. The number of ether oxygens (including phenoxy) is 1. The number of benzene rings is 1. The minimum Gasteiger partial charge on any atom is -0.497 e. The molecule has 1 saturated heterocycles. The third-order valence-corrected chi connectivity index (χ3v) is 5.38. The standard InChI is InChI=1S/C21H31FN4O2/c1-16(2)26-13-17(11-23-26)12-24-7-8-25(19(15-24)6-9-27)14-18-4-5-20(28-3)10-21(18)22/h4-5,10-11,13,16,19,27H,6-9,12,14-15H2,1-3H3. The first-order valence-corrected chi connectivity index (χ1v) is 9.93. The summed E-state index contributed by atoms with van der Waals surface area (Å²) in [7, 11) is 1.54. The van der Waals surface area contributed by atoms with Crippen molar-refractivity contribution in [2.24, 2.45) is 0 Å². The van der Waals surface area contributed by atoms with Gasteiger partial charge in [-0.1, -0.05) is 6.07 Å². The van der Waals surface area contributed by atoms with Crippen molar-refractivity contribution in [3.05, 3.63) is 47.5 Å². The largest absolute Gasteiger partial charge is 0.497 e. The molecule has 0 saturated carbocycles. The zero-order valence-electron chi connectivity index (χ0n) is 17.0. The van der Waals surface area contributed by atoms with Gasteiger partial charge in [-0.2, -0.15) is 5.10 Å². The van der Waals surface area contributed by atoms with Crippen LogP contribution in [0.25, 0.3) is 0 Å². The zero-order chi connectivity index (χ0) is 20.1. The molecule has 1 aromatic carbocycles. The molecule has 28 heavy (non-hydrogen) atoms. The summed E-state index contributed by atoms with van der Waals surface area (Å²) >= 11 is 0. The summed E-state index contributed by atoms with van der Waals surface area (Å²) in [5, 5.41) is 13.9. The fourth-order valence-electron chi connectivity index (χ4n) is 3.73. The molecule has 1 aliphatic heterocycles. The molecular formula is C21H31FN4O2. The summed E-state index contributed by atoms with van der Waals surface area (Å²) in [6.07, 6.45) is 4.71. The molecule has 0 radical (unpaired) electrons. The van der Waals surface area contributed by atoms with Gasteiger partial charge in [0.1, 0.15) is 11.6 Å². The van der Waals surface area contributed by atoms with Crippen LogP contribution in [0.4, 0.5) is 4.39 Å². The number of aliphatic hydroxyl groups is 1. The van der Waals surface area contributed by atoms with Gasteiger partial charge in [0.05, 0.1) is 13.3 Å². The second-order valence-electron chi connectivity index (χ2n) is 7.75. The first kappa shape index (κ1) is 20.8. The molecular weight excluding hydrogens is 359 g/mol. The molecule has 0 aliphatic carbocycles. The van der Waals surface area contributed by atoms with Crippen LogP contribution in [0.1, 0.15) is 37.4 Å². The van der Waals surface area contributed by atoms with Gasteiger partial charge in [0.2, 0.25) is 0 Å². The van der Waals surface area contributed by atoms with E-state index in [1.807, 2.05) is 10.9 Å². The molecule has 6 nitrogen and oxygen atoms in total. The third-order valence-electron chi connectivity index (χ3n) is 5.38. The van der Waals surface area contributed by atoms with Crippen molar-refractivity contribution >= 4 is 0 Å². The van der Waals surface area contributed by atoms with Crippen molar-refractivity contribution in [1.29, 1.82) is 0 Å². The van der Waals surface area contributed by atoms with Crippen molar-refractivity contribution in [3.63, 3.8) is 0 Å². The fraction of sp³-hybridized carbons (Fsp3) is 0.571. The van der Waals surface area contributed by atoms with Gasteiger partial charge in [0, 0.05) is 74.8 Å². The Bertz CT molecular complexity index is 765. The van der Waals surface area contributed by atoms with Gasteiger partial charge >= 0.3 is 0 Å². The highest BCUT2D eigenvalue weighted by atomic mass is 19.1. The van der Waals surface area contributed by atoms with Gasteiger partial charge < -0.3 is 9.84 Å². The normalized spacial score (nSPS) is 18.7. The van der Waals surface area contributed by atoms with E-state index >= 15 is 0 Å². The lowest BCUT2D eigenvalue weighted by molar-refractivity contribution is 0.0493. The maximum absolute atomic E-state index is 14.4. The molecule has 7 heteroatoms. The Labute approximate surface area is 166 Å². The van der Waals surface area contributed by atoms with E-state index in [1.54, 1.807) is 12.1 Å². The molecule has 3 rings (SSSR count). The number of aromatic nitrogens is 2. The third kappa shape index (κ3) is 5.10. The van der Waals surface area contributed by atoms with E-state index in [2.05, 4.69) is 34.9 Å². The van der Waals surface area contributed by atoms with E-state index in [-0.39, 0.29) is 18.5 Å². The number of aliphatic hydroxyl groups excluding tert-OH is 1. The molecule has 1 aliphatic rings. The van der Waals surface area contributed by atoms with Gasteiger partial charge in [-0.15, -0.1) is 0 Å². The number of rotatable bonds is 8. The Morgan fingerprint density at radius 1 is 1.29 bits per heavy atom. The van der Waals surface area contributed by atoms with E-state index < -0.39 is 0 Å². The average Bonchev–Trinajstić information content (AvgIpc) is 3.14.